The van der Waals surface area contributed by atoms with Gasteiger partial charge in [-0.1, -0.05) is 50.6 Å². The van der Waals surface area contributed by atoms with Crippen molar-refractivity contribution in [1.82, 2.24) is 36.4 Å². The van der Waals surface area contributed by atoms with Crippen molar-refractivity contribution in [2.75, 3.05) is 40.3 Å². The highest BCUT2D eigenvalue weighted by Crippen LogP contribution is 2.19. The number of hydrogen-bond donors (Lipinski definition) is 9. The van der Waals surface area contributed by atoms with Crippen molar-refractivity contribution in [1.29, 1.82) is 0 Å². The van der Waals surface area contributed by atoms with Crippen LogP contribution in [0.25, 0.3) is 0 Å². The fourth-order valence-corrected chi connectivity index (χ4v) is 6.46. The molecule has 12 N–H and O–H groups in total. The van der Waals surface area contributed by atoms with E-state index < -0.39 is 77.7 Å². The lowest BCUT2D eigenvalue weighted by atomic mass is 9.97. The topological polar surface area (TPSA) is 297 Å². The highest BCUT2D eigenvalue weighted by atomic mass is 16.4. The number of nitrogens with zero attached hydrogens (tertiary/aromatic N) is 3. The van der Waals surface area contributed by atoms with Crippen LogP contribution < -0.4 is 43.8 Å². The lowest BCUT2D eigenvalue weighted by Gasteiger charge is -2.29. The number of hydrogen-bond acceptors (Lipinski definition) is 10. The average Bonchev–Trinajstić information content (AvgIpc) is 3.69. The van der Waals surface area contributed by atoms with Gasteiger partial charge in [0.15, 0.2) is 5.96 Å². The fourth-order valence-electron chi connectivity index (χ4n) is 6.46. The van der Waals surface area contributed by atoms with Crippen molar-refractivity contribution < 1.29 is 38.7 Å². The molecule has 324 valence electrons. The molecule has 58 heavy (non-hydrogen) atoms. The number of amides is 6. The maximum absolute atomic E-state index is 13.9. The Morgan fingerprint density at radius 2 is 1.52 bits per heavy atom. The number of nitrogens with two attached hydrogens (primary N) is 3. The van der Waals surface area contributed by atoms with E-state index in [1.807, 2.05) is 37.3 Å². The standard InChI is InChI=1S/C39H65N11O8/c1-6-24(2)32(37(56)45-25(3)38(57)58)48-34(53)28(17-12-20-43-39(41)42)46-33(52)27(16-10-11-19-40)47-36(55)29-18-13-21-50(29)31(51)23-44-35(54)30(49(4)5)22-26-14-8-7-9-15-26/h7-9,14-15,24-25,27-30,32H,6,10-13,16-23,40H2,1-5H3,(H,44,54)(H,45,56)(H,46,52)(H,47,55)(H,48,53)(H,57,58)(H4,41,42,43)/t24-,25-,27-,28-,29-,30-,32-/m0/s1. The van der Waals surface area contributed by atoms with E-state index in [9.17, 15) is 38.7 Å². The monoisotopic (exact) mass is 816 g/mol. The van der Waals surface area contributed by atoms with E-state index in [1.54, 1.807) is 25.9 Å². The highest BCUT2D eigenvalue weighted by Gasteiger charge is 2.37. The van der Waals surface area contributed by atoms with Gasteiger partial charge < -0.3 is 53.8 Å². The van der Waals surface area contributed by atoms with Crippen molar-refractivity contribution in [3.63, 3.8) is 0 Å². The van der Waals surface area contributed by atoms with Gasteiger partial charge in [-0.05, 0) is 90.4 Å². The summed E-state index contributed by atoms with van der Waals surface area (Å²) in [6, 6.07) is 3.44. The number of benzene rings is 1. The van der Waals surface area contributed by atoms with Crippen LogP contribution in [0.4, 0.5) is 0 Å². The minimum atomic E-state index is -1.25. The largest absolute Gasteiger partial charge is 0.480 e. The lowest BCUT2D eigenvalue weighted by molar-refractivity contribution is -0.142. The molecule has 0 bridgehead atoms. The zero-order chi connectivity index (χ0) is 43.4. The molecule has 0 aliphatic carbocycles. The molecule has 1 fully saturated rings. The first-order chi connectivity index (χ1) is 27.5. The number of carbonyl (C=O) groups excluding carboxylic acids is 6. The van der Waals surface area contributed by atoms with Crippen molar-refractivity contribution >= 4 is 47.4 Å². The fraction of sp³-hybridized carbons (Fsp3) is 0.641. The molecule has 0 saturated carbocycles. The quantitative estimate of drug-likeness (QED) is 0.0311. The van der Waals surface area contributed by atoms with Gasteiger partial charge >= 0.3 is 5.97 Å². The third-order valence-electron chi connectivity index (χ3n) is 10.2. The molecule has 7 atom stereocenters. The second kappa shape index (κ2) is 25.1. The van der Waals surface area contributed by atoms with Crippen LogP contribution >= 0.6 is 0 Å². The first-order valence-electron chi connectivity index (χ1n) is 20.0. The number of likely N-dealkylation sites (N-methyl/N-ethyl adjacent to an activating group) is 1. The molecular formula is C39H65N11O8. The Labute approximate surface area is 341 Å². The molecule has 19 heteroatoms. The number of nitrogens with one attached hydrogen (secondary N) is 5. The van der Waals surface area contributed by atoms with Crippen molar-refractivity contribution in [3.05, 3.63) is 35.9 Å². The van der Waals surface area contributed by atoms with Gasteiger partial charge in [-0.2, -0.15) is 0 Å². The number of carbonyl (C=O) groups is 7. The molecule has 6 amide bonds. The molecule has 1 aromatic carbocycles. The number of carboxylic acid groups (broad SMARTS) is 1. The first kappa shape index (κ1) is 48.8. The maximum atomic E-state index is 13.9. The Hall–Kier alpha value is -5.30. The van der Waals surface area contributed by atoms with Crippen LogP contribution in [-0.2, 0) is 40.0 Å². The summed E-state index contributed by atoms with van der Waals surface area (Å²) in [5.41, 5.74) is 17.6. The zero-order valence-electron chi connectivity index (χ0n) is 34.5. The Bertz CT molecular complexity index is 1560. The summed E-state index contributed by atoms with van der Waals surface area (Å²) in [4.78, 5) is 99.8. The molecule has 19 nitrogen and oxygen atoms in total. The van der Waals surface area contributed by atoms with E-state index in [4.69, 9.17) is 17.2 Å². The van der Waals surface area contributed by atoms with E-state index in [1.165, 1.54) is 11.8 Å². The van der Waals surface area contributed by atoms with Crippen LogP contribution in [0.5, 0.6) is 0 Å². The van der Waals surface area contributed by atoms with Crippen LogP contribution in [-0.4, -0.2) is 139 Å². The maximum Gasteiger partial charge on any atom is 0.325 e. The Balaban J connectivity index is 2.22. The average molecular weight is 816 g/mol. The normalized spacial score (nSPS) is 16.8. The van der Waals surface area contributed by atoms with E-state index in [-0.39, 0.29) is 50.8 Å². The van der Waals surface area contributed by atoms with E-state index in [0.29, 0.717) is 45.1 Å². The molecule has 1 heterocycles. The second-order valence-electron chi connectivity index (χ2n) is 14.9. The summed E-state index contributed by atoms with van der Waals surface area (Å²) >= 11 is 0. The third-order valence-corrected chi connectivity index (χ3v) is 10.2. The predicted molar refractivity (Wildman–Crippen MR) is 219 cm³/mol. The van der Waals surface area contributed by atoms with Crippen LogP contribution in [0.15, 0.2) is 35.3 Å². The van der Waals surface area contributed by atoms with Gasteiger partial charge in [0.1, 0.15) is 30.2 Å². The summed E-state index contributed by atoms with van der Waals surface area (Å²) in [7, 11) is 3.57. The number of rotatable bonds is 25. The number of aliphatic imine (C=N–C) groups is 1. The first-order valence-corrected chi connectivity index (χ1v) is 20.0. The van der Waals surface area contributed by atoms with Gasteiger partial charge in [-0.3, -0.25) is 43.5 Å². The molecule has 0 radical (unpaired) electrons. The summed E-state index contributed by atoms with van der Waals surface area (Å²) in [6.07, 6.45) is 3.27. The lowest BCUT2D eigenvalue weighted by Crippen LogP contribution is -2.59. The van der Waals surface area contributed by atoms with Crippen molar-refractivity contribution in [3.8, 4) is 0 Å². The van der Waals surface area contributed by atoms with Crippen LogP contribution in [0, 0.1) is 5.92 Å². The van der Waals surface area contributed by atoms with Crippen LogP contribution in [0.3, 0.4) is 0 Å². The van der Waals surface area contributed by atoms with Gasteiger partial charge in [0.25, 0.3) is 0 Å². The molecule has 0 unspecified atom stereocenters. The van der Waals surface area contributed by atoms with Gasteiger partial charge in [0.05, 0.1) is 12.6 Å². The number of guanidine groups is 1. The Kier molecular flexibility index (Phi) is 21.2. The van der Waals surface area contributed by atoms with E-state index in [0.717, 1.165) is 5.56 Å². The summed E-state index contributed by atoms with van der Waals surface area (Å²) in [5, 5.41) is 22.6. The third kappa shape index (κ3) is 16.3. The summed E-state index contributed by atoms with van der Waals surface area (Å²) < 4.78 is 0. The van der Waals surface area contributed by atoms with E-state index >= 15 is 0 Å². The minimum Gasteiger partial charge on any atom is -0.480 e. The van der Waals surface area contributed by atoms with E-state index in [2.05, 4.69) is 31.6 Å². The smallest absolute Gasteiger partial charge is 0.325 e. The van der Waals surface area contributed by atoms with Gasteiger partial charge in [0.2, 0.25) is 35.4 Å². The number of unbranched alkanes of at least 4 members (excludes halogenated alkanes) is 1. The number of carboxylic acids is 1. The molecule has 2 rings (SSSR count). The number of likely N-dealkylation sites (tertiary alicyclic amines) is 1. The van der Waals surface area contributed by atoms with Gasteiger partial charge in [-0.15, -0.1) is 0 Å². The zero-order valence-corrected chi connectivity index (χ0v) is 34.5. The van der Waals surface area contributed by atoms with Crippen molar-refractivity contribution in [2.45, 2.75) is 115 Å². The Morgan fingerprint density at radius 3 is 2.12 bits per heavy atom. The Morgan fingerprint density at radius 1 is 0.879 bits per heavy atom. The second-order valence-corrected chi connectivity index (χ2v) is 14.9. The molecule has 0 spiro atoms. The van der Waals surface area contributed by atoms with Crippen LogP contribution in [0.2, 0.25) is 0 Å². The van der Waals surface area contributed by atoms with Crippen LogP contribution in [0.1, 0.15) is 77.7 Å². The number of aliphatic carboxylic acids is 1. The molecule has 1 aliphatic rings. The molecule has 1 aromatic rings. The minimum absolute atomic E-state index is 0.0504. The summed E-state index contributed by atoms with van der Waals surface area (Å²) in [6.45, 7) is 5.28. The van der Waals surface area contributed by atoms with Gasteiger partial charge in [-0.25, -0.2) is 0 Å². The molecular weight excluding hydrogens is 750 g/mol. The SMILES string of the molecule is CC[C@H](C)[C@H](NC(=O)[C@H](CCCN=C(N)N)NC(=O)[C@H](CCCCN)NC(=O)[C@@H]1CCCN1C(=O)CNC(=O)[C@H](Cc1ccccc1)N(C)C)C(=O)N[C@@H](C)C(=O)O. The van der Waals surface area contributed by atoms with Gasteiger partial charge in [0, 0.05) is 13.1 Å². The predicted octanol–water partition coefficient (Wildman–Crippen LogP) is -1.46. The summed E-state index contributed by atoms with van der Waals surface area (Å²) in [5.74, 6) is -5.22. The molecule has 0 aromatic heterocycles. The highest BCUT2D eigenvalue weighted by molar-refractivity contribution is 5.96. The van der Waals surface area contributed by atoms with Crippen molar-refractivity contribution in [2.24, 2.45) is 28.1 Å². The molecule has 1 aliphatic heterocycles. The molecule has 1 saturated heterocycles.